The highest BCUT2D eigenvalue weighted by Gasteiger charge is 2.20. The number of rotatable bonds is 3. The molecule has 0 atom stereocenters. The zero-order chi connectivity index (χ0) is 14.5. The number of hydrogen-bond acceptors (Lipinski definition) is 3. The number of likely N-dealkylation sites (N-methyl/N-ethyl adjacent to an activating group) is 1. The molecule has 2 rings (SSSR count). The minimum absolute atomic E-state index is 0.00926. The van der Waals surface area contributed by atoms with Crippen LogP contribution in [0.4, 0.5) is 0 Å². The minimum Gasteiger partial charge on any atom is -0.339 e. The number of carbonyl (C=O) groups excluding carboxylic acids is 2. The van der Waals surface area contributed by atoms with Gasteiger partial charge in [0.05, 0.1) is 6.54 Å². The fourth-order valence-electron chi connectivity index (χ4n) is 2.29. The van der Waals surface area contributed by atoms with Gasteiger partial charge < -0.3 is 15.1 Å². The molecule has 5 nitrogen and oxygen atoms in total. The van der Waals surface area contributed by atoms with Crippen LogP contribution in [0.3, 0.4) is 0 Å². The quantitative estimate of drug-likeness (QED) is 0.874. The molecule has 5 heteroatoms. The van der Waals surface area contributed by atoms with Gasteiger partial charge in [0.1, 0.15) is 0 Å². The van der Waals surface area contributed by atoms with E-state index < -0.39 is 0 Å². The van der Waals surface area contributed by atoms with Crippen LogP contribution in [0.1, 0.15) is 15.9 Å². The molecule has 108 valence electrons. The third kappa shape index (κ3) is 3.57. The lowest BCUT2D eigenvalue weighted by molar-refractivity contribution is -0.132. The van der Waals surface area contributed by atoms with E-state index in [4.69, 9.17) is 0 Å². The first kappa shape index (κ1) is 14.5. The molecular weight excluding hydrogens is 254 g/mol. The molecule has 20 heavy (non-hydrogen) atoms. The molecule has 1 aliphatic rings. The summed E-state index contributed by atoms with van der Waals surface area (Å²) in [6, 6.07) is 7.42. The molecule has 1 saturated heterocycles. The molecule has 0 aliphatic carbocycles. The SMILES string of the molecule is Cc1cccc(C(=O)N(C)CC(=O)N2CCNCC2)c1. The number of amides is 2. The highest BCUT2D eigenvalue weighted by atomic mass is 16.2. The Morgan fingerprint density at radius 3 is 2.65 bits per heavy atom. The zero-order valence-corrected chi connectivity index (χ0v) is 12.1. The highest BCUT2D eigenvalue weighted by Crippen LogP contribution is 2.07. The molecule has 1 heterocycles. The Balaban J connectivity index is 1.95. The van der Waals surface area contributed by atoms with Gasteiger partial charge in [-0.15, -0.1) is 0 Å². The van der Waals surface area contributed by atoms with Crippen LogP contribution in [0.25, 0.3) is 0 Å². The maximum absolute atomic E-state index is 12.3. The predicted molar refractivity (Wildman–Crippen MR) is 77.6 cm³/mol. The molecule has 1 aromatic rings. The monoisotopic (exact) mass is 275 g/mol. The van der Waals surface area contributed by atoms with Gasteiger partial charge in [-0.25, -0.2) is 0 Å². The van der Waals surface area contributed by atoms with E-state index in [9.17, 15) is 9.59 Å². The summed E-state index contributed by atoms with van der Waals surface area (Å²) in [7, 11) is 1.67. The van der Waals surface area contributed by atoms with Crippen LogP contribution in [0.5, 0.6) is 0 Å². The molecular formula is C15H21N3O2. The summed E-state index contributed by atoms with van der Waals surface area (Å²) in [6.45, 7) is 5.15. The van der Waals surface area contributed by atoms with Crippen LogP contribution < -0.4 is 5.32 Å². The molecule has 0 aromatic heterocycles. The Morgan fingerprint density at radius 1 is 1.30 bits per heavy atom. The number of aryl methyl sites for hydroxylation is 1. The molecule has 0 bridgehead atoms. The summed E-state index contributed by atoms with van der Waals surface area (Å²) < 4.78 is 0. The van der Waals surface area contributed by atoms with Crippen molar-refractivity contribution in [1.29, 1.82) is 0 Å². The van der Waals surface area contributed by atoms with Crippen LogP contribution in [-0.4, -0.2) is 61.4 Å². The van der Waals surface area contributed by atoms with E-state index in [1.54, 1.807) is 18.0 Å². The van der Waals surface area contributed by atoms with Gasteiger partial charge in [0, 0.05) is 38.8 Å². The van der Waals surface area contributed by atoms with E-state index in [0.717, 1.165) is 18.7 Å². The third-order valence-corrected chi connectivity index (χ3v) is 3.45. The molecule has 0 saturated carbocycles. The zero-order valence-electron chi connectivity index (χ0n) is 12.1. The van der Waals surface area contributed by atoms with E-state index in [2.05, 4.69) is 5.32 Å². The van der Waals surface area contributed by atoms with Gasteiger partial charge in [-0.2, -0.15) is 0 Å². The average Bonchev–Trinajstić information content (AvgIpc) is 2.47. The van der Waals surface area contributed by atoms with Crippen LogP contribution >= 0.6 is 0 Å². The lowest BCUT2D eigenvalue weighted by Gasteiger charge is -2.29. The topological polar surface area (TPSA) is 52.7 Å². The Morgan fingerprint density at radius 2 is 2.00 bits per heavy atom. The van der Waals surface area contributed by atoms with Crippen molar-refractivity contribution in [2.75, 3.05) is 39.8 Å². The number of nitrogens with zero attached hydrogens (tertiary/aromatic N) is 2. The van der Waals surface area contributed by atoms with Crippen molar-refractivity contribution in [3.05, 3.63) is 35.4 Å². The first-order valence-electron chi connectivity index (χ1n) is 6.88. The first-order chi connectivity index (χ1) is 9.58. The van der Waals surface area contributed by atoms with Gasteiger partial charge in [0.2, 0.25) is 5.91 Å². The number of nitrogens with one attached hydrogen (secondary N) is 1. The van der Waals surface area contributed by atoms with Gasteiger partial charge >= 0.3 is 0 Å². The highest BCUT2D eigenvalue weighted by molar-refractivity contribution is 5.96. The second kappa shape index (κ2) is 6.52. The maximum Gasteiger partial charge on any atom is 0.254 e. The molecule has 1 fully saturated rings. The fraction of sp³-hybridized carbons (Fsp3) is 0.467. The van der Waals surface area contributed by atoms with Crippen LogP contribution in [-0.2, 0) is 4.79 Å². The summed E-state index contributed by atoms with van der Waals surface area (Å²) in [6.07, 6.45) is 0. The summed E-state index contributed by atoms with van der Waals surface area (Å²) in [5, 5.41) is 3.20. The molecule has 0 radical (unpaired) electrons. The van der Waals surface area contributed by atoms with E-state index in [1.807, 2.05) is 25.1 Å². The van der Waals surface area contributed by atoms with E-state index in [1.165, 1.54) is 4.90 Å². The molecule has 1 aliphatic heterocycles. The number of hydrogen-bond donors (Lipinski definition) is 1. The second-order valence-electron chi connectivity index (χ2n) is 5.16. The molecule has 1 N–H and O–H groups in total. The molecule has 0 spiro atoms. The van der Waals surface area contributed by atoms with Crippen molar-refractivity contribution < 1.29 is 9.59 Å². The minimum atomic E-state index is -0.114. The fourth-order valence-corrected chi connectivity index (χ4v) is 2.29. The summed E-state index contributed by atoms with van der Waals surface area (Å²) in [4.78, 5) is 27.7. The van der Waals surface area contributed by atoms with Gasteiger partial charge in [-0.05, 0) is 19.1 Å². The third-order valence-electron chi connectivity index (χ3n) is 3.45. The smallest absolute Gasteiger partial charge is 0.254 e. The standard InChI is InChI=1S/C15H21N3O2/c1-12-4-3-5-13(10-12)15(20)17(2)11-14(19)18-8-6-16-7-9-18/h3-5,10,16H,6-9,11H2,1-2H3. The lowest BCUT2D eigenvalue weighted by atomic mass is 10.1. The van der Waals surface area contributed by atoms with E-state index in [-0.39, 0.29) is 18.4 Å². The van der Waals surface area contributed by atoms with Crippen molar-refractivity contribution in [2.45, 2.75) is 6.92 Å². The summed E-state index contributed by atoms with van der Waals surface area (Å²) >= 11 is 0. The van der Waals surface area contributed by atoms with Crippen molar-refractivity contribution in [3.8, 4) is 0 Å². The van der Waals surface area contributed by atoms with Crippen molar-refractivity contribution in [3.63, 3.8) is 0 Å². The largest absolute Gasteiger partial charge is 0.339 e. The molecule has 0 unspecified atom stereocenters. The van der Waals surface area contributed by atoms with Gasteiger partial charge in [0.25, 0.3) is 5.91 Å². The second-order valence-corrected chi connectivity index (χ2v) is 5.16. The number of piperazine rings is 1. The maximum atomic E-state index is 12.3. The van der Waals surface area contributed by atoms with Crippen LogP contribution in [0.15, 0.2) is 24.3 Å². The molecule has 2 amide bonds. The number of benzene rings is 1. The molecule has 1 aromatic carbocycles. The normalized spacial score (nSPS) is 15.0. The van der Waals surface area contributed by atoms with Gasteiger partial charge in [-0.1, -0.05) is 17.7 Å². The van der Waals surface area contributed by atoms with Crippen molar-refractivity contribution in [1.82, 2.24) is 15.1 Å². The average molecular weight is 275 g/mol. The lowest BCUT2D eigenvalue weighted by Crippen LogP contribution is -2.49. The number of carbonyl (C=O) groups is 2. The van der Waals surface area contributed by atoms with E-state index in [0.29, 0.717) is 18.7 Å². The van der Waals surface area contributed by atoms with Crippen molar-refractivity contribution >= 4 is 11.8 Å². The van der Waals surface area contributed by atoms with Gasteiger partial charge in [-0.3, -0.25) is 9.59 Å². The Kier molecular flexibility index (Phi) is 4.74. The van der Waals surface area contributed by atoms with E-state index >= 15 is 0 Å². The van der Waals surface area contributed by atoms with Crippen molar-refractivity contribution in [2.24, 2.45) is 0 Å². The van der Waals surface area contributed by atoms with Crippen LogP contribution in [0, 0.1) is 6.92 Å². The van der Waals surface area contributed by atoms with Gasteiger partial charge in [0.15, 0.2) is 0 Å². The van der Waals surface area contributed by atoms with Crippen LogP contribution in [0.2, 0.25) is 0 Å². The summed E-state index contributed by atoms with van der Waals surface area (Å²) in [5.74, 6) is -0.104. The Hall–Kier alpha value is -1.88. The Bertz CT molecular complexity index is 496. The predicted octanol–water partition coefficient (Wildman–Crippen LogP) is 0.499. The first-order valence-corrected chi connectivity index (χ1v) is 6.88. The summed E-state index contributed by atoms with van der Waals surface area (Å²) in [5.41, 5.74) is 1.67. The Labute approximate surface area is 119 Å².